The molecule has 2 bridgehead atoms. The largest absolute Gasteiger partial charge is 0.349 e. The molecule has 6 nitrogen and oxygen atoms in total. The number of hydrogen-bond acceptors (Lipinski definition) is 3. The smallest absolute Gasteiger partial charge is 0.243 e. The molecule has 2 heterocycles. The molecule has 6 heteroatoms. The van der Waals surface area contributed by atoms with Gasteiger partial charge in [-0.05, 0) is 49.1 Å². The third-order valence-corrected chi connectivity index (χ3v) is 6.81. The number of piperidine rings is 1. The molecule has 5 rings (SSSR count). The first-order valence-electron chi connectivity index (χ1n) is 10.2. The minimum absolute atomic E-state index is 0.0151. The second-order valence-corrected chi connectivity index (χ2v) is 8.44. The number of aryl methyl sites for hydroxylation is 1. The lowest BCUT2D eigenvalue weighted by atomic mass is 9.97. The molecular weight excluding hydrogens is 352 g/mol. The molecule has 146 valence electrons. The lowest BCUT2D eigenvalue weighted by Crippen LogP contribution is -2.53. The molecule has 3 fully saturated rings. The molecule has 1 aromatic heterocycles. The van der Waals surface area contributed by atoms with Crippen LogP contribution < -0.4 is 5.32 Å². The molecule has 2 saturated carbocycles. The molecule has 0 radical (unpaired) electrons. The van der Waals surface area contributed by atoms with Crippen LogP contribution in [0.15, 0.2) is 42.6 Å². The minimum Gasteiger partial charge on any atom is -0.349 e. The first-order chi connectivity index (χ1) is 13.6. The van der Waals surface area contributed by atoms with Gasteiger partial charge in [0, 0.05) is 25.2 Å². The number of nitrogens with one attached hydrogen (secondary N) is 1. The lowest BCUT2D eigenvalue weighted by molar-refractivity contribution is -0.144. The summed E-state index contributed by atoms with van der Waals surface area (Å²) in [7, 11) is 1.87. The fourth-order valence-electron chi connectivity index (χ4n) is 5.23. The molecule has 3 aliphatic rings. The van der Waals surface area contributed by atoms with Crippen molar-refractivity contribution in [2.75, 3.05) is 0 Å². The molecule has 2 amide bonds. The Balaban J connectivity index is 1.29. The number of hydrogen-bond donors (Lipinski definition) is 1. The van der Waals surface area contributed by atoms with Crippen molar-refractivity contribution in [1.29, 1.82) is 0 Å². The average molecular weight is 378 g/mol. The van der Waals surface area contributed by atoms with Crippen molar-refractivity contribution in [1.82, 2.24) is 20.0 Å². The Kier molecular flexibility index (Phi) is 4.22. The second-order valence-electron chi connectivity index (χ2n) is 8.44. The number of amides is 2. The van der Waals surface area contributed by atoms with Crippen LogP contribution in [0.1, 0.15) is 42.9 Å². The number of carbonyl (C=O) groups is 2. The van der Waals surface area contributed by atoms with E-state index in [1.54, 1.807) is 10.9 Å². The normalized spacial score (nSPS) is 30.5. The summed E-state index contributed by atoms with van der Waals surface area (Å²) in [5.41, 5.74) is 2.20. The highest BCUT2D eigenvalue weighted by molar-refractivity contribution is 5.91. The first-order valence-corrected chi connectivity index (χ1v) is 10.2. The van der Waals surface area contributed by atoms with E-state index in [9.17, 15) is 9.59 Å². The van der Waals surface area contributed by atoms with Crippen LogP contribution in [0.3, 0.4) is 0 Å². The highest BCUT2D eigenvalue weighted by Crippen LogP contribution is 2.51. The van der Waals surface area contributed by atoms with E-state index in [2.05, 4.69) is 22.5 Å². The van der Waals surface area contributed by atoms with Crippen LogP contribution in [0, 0.1) is 11.8 Å². The summed E-state index contributed by atoms with van der Waals surface area (Å²) < 4.78 is 1.76. The molecule has 1 aromatic carbocycles. The summed E-state index contributed by atoms with van der Waals surface area (Å²) in [6.07, 6.45) is 5.68. The summed E-state index contributed by atoms with van der Waals surface area (Å²) in [5.74, 6) is 0.815. The van der Waals surface area contributed by atoms with Crippen molar-refractivity contribution < 1.29 is 9.59 Å². The number of aromatic nitrogens is 2. The molecule has 0 spiro atoms. The standard InChI is InChI=1S/C22H26N4O2/c1-25-17(9-10-24-25)13-23-21(27)20-15-7-8-16(11-15)26(20)22(28)19-12-18(19)14-5-3-2-4-6-14/h2-6,9-10,15-16,18-20H,7-8,11-13H2,1H3,(H,23,27). The molecule has 2 aromatic rings. The van der Waals surface area contributed by atoms with Crippen molar-refractivity contribution in [3.8, 4) is 0 Å². The molecule has 5 unspecified atom stereocenters. The van der Waals surface area contributed by atoms with Crippen molar-refractivity contribution in [3.05, 3.63) is 53.9 Å². The molecule has 1 saturated heterocycles. The number of likely N-dealkylation sites (tertiary alicyclic amines) is 1. The van der Waals surface area contributed by atoms with Crippen molar-refractivity contribution in [2.24, 2.45) is 18.9 Å². The van der Waals surface area contributed by atoms with E-state index in [0.717, 1.165) is 31.4 Å². The fraction of sp³-hybridized carbons (Fsp3) is 0.500. The number of nitrogens with zero attached hydrogens (tertiary/aromatic N) is 3. The zero-order chi connectivity index (χ0) is 19.3. The third kappa shape index (κ3) is 2.91. The van der Waals surface area contributed by atoms with Gasteiger partial charge in [0.25, 0.3) is 0 Å². The van der Waals surface area contributed by atoms with Gasteiger partial charge in [-0.2, -0.15) is 5.10 Å². The predicted molar refractivity (Wildman–Crippen MR) is 104 cm³/mol. The van der Waals surface area contributed by atoms with E-state index < -0.39 is 0 Å². The summed E-state index contributed by atoms with van der Waals surface area (Å²) in [4.78, 5) is 28.3. The summed E-state index contributed by atoms with van der Waals surface area (Å²) in [6, 6.07) is 12.1. The minimum atomic E-state index is -0.309. The maximum absolute atomic E-state index is 13.3. The molecule has 2 aliphatic carbocycles. The predicted octanol–water partition coefficient (Wildman–Crippen LogP) is 2.22. The zero-order valence-corrected chi connectivity index (χ0v) is 16.1. The Labute approximate surface area is 164 Å². The zero-order valence-electron chi connectivity index (χ0n) is 16.1. The van der Waals surface area contributed by atoms with E-state index in [-0.39, 0.29) is 29.8 Å². The van der Waals surface area contributed by atoms with Crippen LogP contribution >= 0.6 is 0 Å². The lowest BCUT2D eigenvalue weighted by Gasteiger charge is -2.34. The Morgan fingerprint density at radius 1 is 1.14 bits per heavy atom. The van der Waals surface area contributed by atoms with Crippen LogP contribution in [0.25, 0.3) is 0 Å². The van der Waals surface area contributed by atoms with Crippen LogP contribution in [0.2, 0.25) is 0 Å². The molecule has 1 N–H and O–H groups in total. The Morgan fingerprint density at radius 3 is 2.71 bits per heavy atom. The Hall–Kier alpha value is -2.63. The van der Waals surface area contributed by atoms with Crippen LogP contribution in [0.4, 0.5) is 0 Å². The summed E-state index contributed by atoms with van der Waals surface area (Å²) >= 11 is 0. The van der Waals surface area contributed by atoms with Crippen molar-refractivity contribution in [3.63, 3.8) is 0 Å². The van der Waals surface area contributed by atoms with Crippen LogP contribution in [-0.4, -0.2) is 38.6 Å². The molecular formula is C22H26N4O2. The summed E-state index contributed by atoms with van der Waals surface area (Å²) in [6.45, 7) is 0.446. The Bertz CT molecular complexity index is 893. The maximum atomic E-state index is 13.3. The van der Waals surface area contributed by atoms with Crippen LogP contribution in [0.5, 0.6) is 0 Å². The highest BCUT2D eigenvalue weighted by atomic mass is 16.2. The fourth-order valence-corrected chi connectivity index (χ4v) is 5.23. The van der Waals surface area contributed by atoms with E-state index in [1.165, 1.54) is 5.56 Å². The number of carbonyl (C=O) groups excluding carboxylic acids is 2. The summed E-state index contributed by atoms with van der Waals surface area (Å²) in [5, 5.41) is 7.19. The maximum Gasteiger partial charge on any atom is 0.243 e. The average Bonchev–Trinajstić information content (AvgIpc) is 3.01. The van der Waals surface area contributed by atoms with E-state index in [1.807, 2.05) is 36.2 Å². The highest BCUT2D eigenvalue weighted by Gasteiger charge is 2.55. The van der Waals surface area contributed by atoms with Gasteiger partial charge in [0.2, 0.25) is 11.8 Å². The van der Waals surface area contributed by atoms with Gasteiger partial charge in [-0.3, -0.25) is 14.3 Å². The Morgan fingerprint density at radius 2 is 1.96 bits per heavy atom. The van der Waals surface area contributed by atoms with Crippen molar-refractivity contribution >= 4 is 11.8 Å². The van der Waals surface area contributed by atoms with Crippen LogP contribution in [-0.2, 0) is 23.2 Å². The van der Waals surface area contributed by atoms with Gasteiger partial charge in [0.15, 0.2) is 0 Å². The number of benzene rings is 1. The molecule has 1 aliphatic heterocycles. The number of rotatable bonds is 5. The van der Waals surface area contributed by atoms with Gasteiger partial charge in [-0.25, -0.2) is 0 Å². The monoisotopic (exact) mass is 378 g/mol. The third-order valence-electron chi connectivity index (χ3n) is 6.81. The van der Waals surface area contributed by atoms with Crippen molar-refractivity contribution in [2.45, 2.75) is 50.2 Å². The topological polar surface area (TPSA) is 67.2 Å². The quantitative estimate of drug-likeness (QED) is 0.868. The van der Waals surface area contributed by atoms with E-state index in [0.29, 0.717) is 18.4 Å². The number of fused-ring (bicyclic) bond motifs is 2. The van der Waals surface area contributed by atoms with Gasteiger partial charge in [-0.1, -0.05) is 30.3 Å². The SMILES string of the molecule is Cn1nccc1CNC(=O)C1C2CCC(C2)N1C(=O)C1CC1c1ccccc1. The van der Waals surface area contributed by atoms with Gasteiger partial charge in [0.05, 0.1) is 12.2 Å². The van der Waals surface area contributed by atoms with Gasteiger partial charge in [-0.15, -0.1) is 0 Å². The second kappa shape index (κ2) is 6.76. The molecule has 28 heavy (non-hydrogen) atoms. The van der Waals surface area contributed by atoms with Gasteiger partial charge < -0.3 is 10.2 Å². The van der Waals surface area contributed by atoms with E-state index >= 15 is 0 Å². The van der Waals surface area contributed by atoms with Gasteiger partial charge in [0.1, 0.15) is 6.04 Å². The first kappa shape index (κ1) is 17.5. The van der Waals surface area contributed by atoms with E-state index in [4.69, 9.17) is 0 Å². The van der Waals surface area contributed by atoms with Gasteiger partial charge >= 0.3 is 0 Å². The molecule has 5 atom stereocenters.